The first kappa shape index (κ1) is 15.4. The molecule has 0 unspecified atom stereocenters. The van der Waals surface area contributed by atoms with Crippen molar-refractivity contribution in [3.8, 4) is 12.3 Å². The van der Waals surface area contributed by atoms with E-state index in [2.05, 4.69) is 16.0 Å². The highest BCUT2D eigenvalue weighted by molar-refractivity contribution is 5.85. The Labute approximate surface area is 101 Å². The Balaban J connectivity index is 3.96. The Bertz CT molecular complexity index is 284. The molecule has 6 nitrogen and oxygen atoms in total. The molecule has 0 aliphatic rings. The number of hydrogen-bond acceptors (Lipinski definition) is 5. The van der Waals surface area contributed by atoms with Crippen molar-refractivity contribution >= 4 is 11.9 Å². The van der Waals surface area contributed by atoms with Gasteiger partial charge in [0, 0.05) is 13.5 Å². The van der Waals surface area contributed by atoms with E-state index >= 15 is 0 Å². The van der Waals surface area contributed by atoms with Crippen molar-refractivity contribution in [1.82, 2.24) is 5.32 Å². The average molecular weight is 243 g/mol. The maximum Gasteiger partial charge on any atom is 0.329 e. The topological polar surface area (TPSA) is 73.9 Å². The summed E-state index contributed by atoms with van der Waals surface area (Å²) in [6.45, 7) is 0.557. The van der Waals surface area contributed by atoms with Crippen LogP contribution in [0.15, 0.2) is 0 Å². The normalized spacial score (nSPS) is 11.4. The maximum absolute atomic E-state index is 11.4. The third-order valence-electron chi connectivity index (χ3n) is 1.81. The van der Waals surface area contributed by atoms with Crippen LogP contribution in [0.5, 0.6) is 0 Å². The zero-order chi connectivity index (χ0) is 13.1. The lowest BCUT2D eigenvalue weighted by molar-refractivity contribution is -0.145. The SMILES string of the molecule is C#CC[C@H](NC(=O)COCCOC)C(=O)OC. The lowest BCUT2D eigenvalue weighted by atomic mass is 10.2. The second kappa shape index (κ2) is 9.63. The van der Waals surface area contributed by atoms with Gasteiger partial charge in [-0.3, -0.25) is 4.79 Å². The second-order valence-electron chi connectivity index (χ2n) is 3.10. The summed E-state index contributed by atoms with van der Waals surface area (Å²) >= 11 is 0. The van der Waals surface area contributed by atoms with Crippen LogP contribution in [0.2, 0.25) is 0 Å². The number of carbonyl (C=O) groups excluding carboxylic acids is 2. The Hall–Kier alpha value is -1.58. The molecule has 0 fully saturated rings. The van der Waals surface area contributed by atoms with Crippen molar-refractivity contribution < 1.29 is 23.8 Å². The average Bonchev–Trinajstić information content (AvgIpc) is 2.33. The number of methoxy groups -OCH3 is 2. The molecule has 0 rings (SSSR count). The molecule has 0 aromatic rings. The Morgan fingerprint density at radius 1 is 1.35 bits per heavy atom. The third kappa shape index (κ3) is 7.33. The number of nitrogens with one attached hydrogen (secondary N) is 1. The van der Waals surface area contributed by atoms with Gasteiger partial charge in [0.2, 0.25) is 5.91 Å². The molecule has 0 radical (unpaired) electrons. The smallest absolute Gasteiger partial charge is 0.329 e. The van der Waals surface area contributed by atoms with Gasteiger partial charge in [-0.05, 0) is 0 Å². The molecule has 0 saturated heterocycles. The Kier molecular flexibility index (Phi) is 8.74. The van der Waals surface area contributed by atoms with Gasteiger partial charge in [-0.25, -0.2) is 4.79 Å². The third-order valence-corrected chi connectivity index (χ3v) is 1.81. The van der Waals surface area contributed by atoms with E-state index in [0.29, 0.717) is 13.2 Å². The van der Waals surface area contributed by atoms with Gasteiger partial charge in [-0.1, -0.05) is 0 Å². The maximum atomic E-state index is 11.4. The van der Waals surface area contributed by atoms with Gasteiger partial charge in [0.15, 0.2) is 0 Å². The van der Waals surface area contributed by atoms with Gasteiger partial charge >= 0.3 is 5.97 Å². The summed E-state index contributed by atoms with van der Waals surface area (Å²) in [4.78, 5) is 22.6. The summed E-state index contributed by atoms with van der Waals surface area (Å²) in [5.41, 5.74) is 0. The van der Waals surface area contributed by atoms with Crippen molar-refractivity contribution in [2.75, 3.05) is 34.0 Å². The van der Waals surface area contributed by atoms with Gasteiger partial charge in [-0.15, -0.1) is 12.3 Å². The standard InChI is InChI=1S/C11H17NO5/c1-4-5-9(11(14)16-3)12-10(13)8-17-7-6-15-2/h1,9H,5-8H2,2-3H3,(H,12,13)/t9-/m0/s1. The van der Waals surface area contributed by atoms with Crippen LogP contribution in [0.25, 0.3) is 0 Å². The van der Waals surface area contributed by atoms with Gasteiger partial charge in [0.05, 0.1) is 20.3 Å². The number of ether oxygens (including phenoxy) is 3. The number of hydrogen-bond donors (Lipinski definition) is 1. The molecule has 0 aliphatic heterocycles. The number of amides is 1. The first-order chi connectivity index (χ1) is 8.15. The minimum absolute atomic E-state index is 0.0798. The van der Waals surface area contributed by atoms with Crippen LogP contribution < -0.4 is 5.32 Å². The number of rotatable bonds is 8. The Morgan fingerprint density at radius 2 is 2.06 bits per heavy atom. The first-order valence-corrected chi connectivity index (χ1v) is 5.03. The highest BCUT2D eigenvalue weighted by atomic mass is 16.5. The van der Waals surface area contributed by atoms with Crippen LogP contribution in [0.4, 0.5) is 0 Å². The zero-order valence-electron chi connectivity index (χ0n) is 10.0. The molecule has 0 heterocycles. The summed E-state index contributed by atoms with van der Waals surface area (Å²) in [7, 11) is 2.76. The molecule has 0 aromatic carbocycles. The minimum atomic E-state index is -0.830. The van der Waals surface area contributed by atoms with Crippen LogP contribution in [-0.2, 0) is 23.8 Å². The zero-order valence-corrected chi connectivity index (χ0v) is 10.0. The fourth-order valence-corrected chi connectivity index (χ4v) is 0.997. The van der Waals surface area contributed by atoms with E-state index in [0.717, 1.165) is 0 Å². The first-order valence-electron chi connectivity index (χ1n) is 5.03. The van der Waals surface area contributed by atoms with E-state index < -0.39 is 17.9 Å². The van der Waals surface area contributed by atoms with Crippen LogP contribution in [0, 0.1) is 12.3 Å². The fourth-order valence-electron chi connectivity index (χ4n) is 0.997. The summed E-state index contributed by atoms with van der Waals surface area (Å²) < 4.78 is 14.2. The molecular formula is C11H17NO5. The van der Waals surface area contributed by atoms with Gasteiger partial charge in [0.1, 0.15) is 12.6 Å². The van der Waals surface area contributed by atoms with E-state index in [9.17, 15) is 9.59 Å². The molecule has 1 amide bonds. The molecule has 0 spiro atoms. The predicted octanol–water partition coefficient (Wildman–Crippen LogP) is -0.669. The summed E-state index contributed by atoms with van der Waals surface area (Å²) in [5, 5.41) is 2.42. The molecule has 0 aromatic heterocycles. The lowest BCUT2D eigenvalue weighted by Crippen LogP contribution is -2.43. The molecule has 96 valence electrons. The molecule has 1 atom stereocenters. The fraction of sp³-hybridized carbons (Fsp3) is 0.636. The summed E-state index contributed by atoms with van der Waals surface area (Å²) in [6, 6.07) is -0.830. The monoisotopic (exact) mass is 243 g/mol. The minimum Gasteiger partial charge on any atom is -0.467 e. The molecule has 6 heteroatoms. The van der Waals surface area contributed by atoms with Gasteiger partial charge in [0.25, 0.3) is 0 Å². The number of terminal acetylenes is 1. The van der Waals surface area contributed by atoms with Crippen LogP contribution in [0.1, 0.15) is 6.42 Å². The van der Waals surface area contributed by atoms with Crippen molar-refractivity contribution in [3.63, 3.8) is 0 Å². The van der Waals surface area contributed by atoms with Crippen LogP contribution >= 0.6 is 0 Å². The number of carbonyl (C=O) groups is 2. The van der Waals surface area contributed by atoms with Crippen molar-refractivity contribution in [2.24, 2.45) is 0 Å². The molecule has 0 bridgehead atoms. The molecule has 17 heavy (non-hydrogen) atoms. The molecular weight excluding hydrogens is 226 g/mol. The quantitative estimate of drug-likeness (QED) is 0.348. The summed E-state index contributed by atoms with van der Waals surface area (Å²) in [5.74, 6) is 1.29. The molecule has 0 saturated carbocycles. The molecule has 0 aliphatic carbocycles. The van der Waals surface area contributed by atoms with Gasteiger partial charge in [-0.2, -0.15) is 0 Å². The predicted molar refractivity (Wildman–Crippen MR) is 60.1 cm³/mol. The van der Waals surface area contributed by atoms with E-state index in [1.165, 1.54) is 14.2 Å². The van der Waals surface area contributed by atoms with Crippen molar-refractivity contribution in [1.29, 1.82) is 0 Å². The Morgan fingerprint density at radius 3 is 2.59 bits per heavy atom. The van der Waals surface area contributed by atoms with Crippen molar-refractivity contribution in [2.45, 2.75) is 12.5 Å². The van der Waals surface area contributed by atoms with E-state index in [1.807, 2.05) is 0 Å². The summed E-state index contributed by atoms with van der Waals surface area (Å²) in [6.07, 6.45) is 5.16. The van der Waals surface area contributed by atoms with E-state index in [1.54, 1.807) is 0 Å². The lowest BCUT2D eigenvalue weighted by Gasteiger charge is -2.13. The van der Waals surface area contributed by atoms with E-state index in [-0.39, 0.29) is 13.0 Å². The van der Waals surface area contributed by atoms with E-state index in [4.69, 9.17) is 15.9 Å². The number of esters is 1. The largest absolute Gasteiger partial charge is 0.467 e. The van der Waals surface area contributed by atoms with Crippen LogP contribution in [0.3, 0.4) is 0 Å². The van der Waals surface area contributed by atoms with Gasteiger partial charge < -0.3 is 19.5 Å². The molecule has 1 N–H and O–H groups in total. The highest BCUT2D eigenvalue weighted by Crippen LogP contribution is 1.94. The highest BCUT2D eigenvalue weighted by Gasteiger charge is 2.20. The second-order valence-corrected chi connectivity index (χ2v) is 3.10. The van der Waals surface area contributed by atoms with Crippen molar-refractivity contribution in [3.05, 3.63) is 0 Å². The van der Waals surface area contributed by atoms with Crippen LogP contribution in [-0.4, -0.2) is 52.0 Å².